The van der Waals surface area contributed by atoms with Crippen molar-refractivity contribution in [3.63, 3.8) is 0 Å². The summed E-state index contributed by atoms with van der Waals surface area (Å²) in [5.41, 5.74) is 1.36. The first-order chi connectivity index (χ1) is 7.63. The Bertz CT molecular complexity index is 553. The lowest BCUT2D eigenvalue weighted by Crippen LogP contribution is -2.01. The van der Waals surface area contributed by atoms with Gasteiger partial charge in [-0.25, -0.2) is 4.98 Å². The molecule has 0 aromatic carbocycles. The topological polar surface area (TPSA) is 54.6 Å². The van der Waals surface area contributed by atoms with Crippen molar-refractivity contribution in [3.8, 4) is 0 Å². The van der Waals surface area contributed by atoms with E-state index in [1.165, 1.54) is 11.8 Å². The van der Waals surface area contributed by atoms with Crippen LogP contribution in [0.3, 0.4) is 0 Å². The third-order valence-corrected chi connectivity index (χ3v) is 3.58. The summed E-state index contributed by atoms with van der Waals surface area (Å²) in [6, 6.07) is 3.78. The minimum absolute atomic E-state index is 0.0513. The molecule has 0 saturated carbocycles. The number of imidazole rings is 1. The fourth-order valence-electron chi connectivity index (χ4n) is 1.53. The van der Waals surface area contributed by atoms with Gasteiger partial charge in [-0.05, 0) is 34.3 Å². The Morgan fingerprint density at radius 1 is 1.69 bits per heavy atom. The van der Waals surface area contributed by atoms with E-state index in [9.17, 15) is 4.79 Å². The van der Waals surface area contributed by atoms with Gasteiger partial charge >= 0.3 is 5.97 Å². The fraction of sp³-hybridized carbons (Fsp3) is 0.200. The lowest BCUT2D eigenvalue weighted by atomic mass is 10.3. The van der Waals surface area contributed by atoms with Gasteiger partial charge in [0.2, 0.25) is 0 Å². The molecule has 2 heterocycles. The Morgan fingerprint density at radius 3 is 3.06 bits per heavy atom. The molecule has 16 heavy (non-hydrogen) atoms. The zero-order chi connectivity index (χ0) is 11.7. The molecule has 0 saturated heterocycles. The largest absolute Gasteiger partial charge is 0.481 e. The molecule has 6 heteroatoms. The standard InChI is InChI=1S/C10H9BrN2O2S/c1-16-10-7(5-8(14)15)12-9-6(11)3-2-4-13(9)10/h2-4H,5H2,1H3,(H,14,15). The van der Waals surface area contributed by atoms with E-state index in [4.69, 9.17) is 5.11 Å². The SMILES string of the molecule is CSc1c(CC(=O)O)nc2c(Br)cccn12. The van der Waals surface area contributed by atoms with Crippen molar-refractivity contribution in [3.05, 3.63) is 28.5 Å². The van der Waals surface area contributed by atoms with Gasteiger partial charge < -0.3 is 5.11 Å². The maximum Gasteiger partial charge on any atom is 0.309 e. The lowest BCUT2D eigenvalue weighted by molar-refractivity contribution is -0.136. The van der Waals surface area contributed by atoms with Crippen molar-refractivity contribution >= 4 is 39.3 Å². The van der Waals surface area contributed by atoms with Crippen molar-refractivity contribution in [2.45, 2.75) is 11.4 Å². The maximum absolute atomic E-state index is 10.7. The number of rotatable bonds is 3. The van der Waals surface area contributed by atoms with E-state index >= 15 is 0 Å². The summed E-state index contributed by atoms with van der Waals surface area (Å²) in [7, 11) is 0. The number of pyridine rings is 1. The monoisotopic (exact) mass is 300 g/mol. The van der Waals surface area contributed by atoms with E-state index in [1.807, 2.05) is 29.0 Å². The summed E-state index contributed by atoms with van der Waals surface area (Å²) < 4.78 is 2.76. The van der Waals surface area contributed by atoms with E-state index in [2.05, 4.69) is 20.9 Å². The lowest BCUT2D eigenvalue weighted by Gasteiger charge is -1.99. The quantitative estimate of drug-likeness (QED) is 0.885. The molecular weight excluding hydrogens is 292 g/mol. The van der Waals surface area contributed by atoms with Crippen LogP contribution < -0.4 is 0 Å². The molecule has 2 aromatic heterocycles. The second-order valence-electron chi connectivity index (χ2n) is 3.19. The zero-order valence-corrected chi connectivity index (χ0v) is 10.9. The van der Waals surface area contributed by atoms with Crippen LogP contribution >= 0.6 is 27.7 Å². The predicted octanol–water partition coefficient (Wildman–Crippen LogP) is 2.45. The third-order valence-electron chi connectivity index (χ3n) is 2.14. The summed E-state index contributed by atoms with van der Waals surface area (Å²) in [6.07, 6.45) is 3.74. The van der Waals surface area contributed by atoms with Gasteiger partial charge in [0.1, 0.15) is 5.03 Å². The average molecular weight is 301 g/mol. The maximum atomic E-state index is 10.7. The van der Waals surface area contributed by atoms with Gasteiger partial charge in [-0.3, -0.25) is 9.20 Å². The highest BCUT2D eigenvalue weighted by atomic mass is 79.9. The molecule has 2 aromatic rings. The molecule has 0 bridgehead atoms. The zero-order valence-electron chi connectivity index (χ0n) is 8.48. The number of carboxylic acid groups (broad SMARTS) is 1. The number of fused-ring (bicyclic) bond motifs is 1. The molecule has 0 aliphatic heterocycles. The molecule has 1 N–H and O–H groups in total. The van der Waals surface area contributed by atoms with Crippen molar-refractivity contribution in [1.82, 2.24) is 9.38 Å². The van der Waals surface area contributed by atoms with Crippen molar-refractivity contribution < 1.29 is 9.90 Å². The first-order valence-corrected chi connectivity index (χ1v) is 6.56. The van der Waals surface area contributed by atoms with Gasteiger partial charge in [0, 0.05) is 6.20 Å². The number of carboxylic acids is 1. The third kappa shape index (κ3) is 1.94. The first kappa shape index (κ1) is 11.5. The van der Waals surface area contributed by atoms with E-state index in [-0.39, 0.29) is 6.42 Å². The summed E-state index contributed by atoms with van der Waals surface area (Å²) in [5.74, 6) is -0.866. The predicted molar refractivity (Wildman–Crippen MR) is 66.0 cm³/mol. The van der Waals surface area contributed by atoms with Crippen molar-refractivity contribution in [2.24, 2.45) is 0 Å². The fourth-order valence-corrected chi connectivity index (χ4v) is 2.66. The number of aromatic nitrogens is 2. The van der Waals surface area contributed by atoms with Crippen LogP contribution in [0.1, 0.15) is 5.69 Å². The molecule has 0 unspecified atom stereocenters. The van der Waals surface area contributed by atoms with Crippen LogP contribution in [0.5, 0.6) is 0 Å². The second kappa shape index (κ2) is 4.47. The number of nitrogens with zero attached hydrogens (tertiary/aromatic N) is 2. The van der Waals surface area contributed by atoms with Crippen LogP contribution in [-0.2, 0) is 11.2 Å². The highest BCUT2D eigenvalue weighted by Crippen LogP contribution is 2.26. The molecule has 4 nitrogen and oxygen atoms in total. The van der Waals surface area contributed by atoms with E-state index in [0.717, 1.165) is 15.1 Å². The van der Waals surface area contributed by atoms with E-state index < -0.39 is 5.97 Å². The second-order valence-corrected chi connectivity index (χ2v) is 4.84. The van der Waals surface area contributed by atoms with Gasteiger partial charge in [-0.15, -0.1) is 11.8 Å². The van der Waals surface area contributed by atoms with E-state index in [1.54, 1.807) is 0 Å². The highest BCUT2D eigenvalue weighted by molar-refractivity contribution is 9.10. The molecule has 0 amide bonds. The van der Waals surface area contributed by atoms with E-state index in [0.29, 0.717) is 5.69 Å². The van der Waals surface area contributed by atoms with Crippen LogP contribution in [-0.4, -0.2) is 26.7 Å². The normalized spacial score (nSPS) is 10.9. The van der Waals surface area contributed by atoms with Gasteiger partial charge in [0.25, 0.3) is 0 Å². The summed E-state index contributed by atoms with van der Waals surface area (Å²) in [6.45, 7) is 0. The number of hydrogen-bond acceptors (Lipinski definition) is 3. The Morgan fingerprint density at radius 2 is 2.44 bits per heavy atom. The highest BCUT2D eigenvalue weighted by Gasteiger charge is 2.15. The van der Waals surface area contributed by atoms with Crippen LogP contribution in [0.4, 0.5) is 0 Å². The molecule has 0 radical (unpaired) electrons. The summed E-state index contributed by atoms with van der Waals surface area (Å²) >= 11 is 4.90. The summed E-state index contributed by atoms with van der Waals surface area (Å²) in [5, 5.41) is 9.68. The number of carbonyl (C=O) groups is 1. The van der Waals surface area contributed by atoms with Crippen LogP contribution in [0.15, 0.2) is 27.8 Å². The van der Waals surface area contributed by atoms with Crippen LogP contribution in [0, 0.1) is 0 Å². The van der Waals surface area contributed by atoms with Crippen LogP contribution in [0.25, 0.3) is 5.65 Å². The molecule has 84 valence electrons. The van der Waals surface area contributed by atoms with Crippen molar-refractivity contribution in [1.29, 1.82) is 0 Å². The molecular formula is C10H9BrN2O2S. The Balaban J connectivity index is 2.66. The minimum atomic E-state index is -0.866. The van der Waals surface area contributed by atoms with Gasteiger partial charge in [0.05, 0.1) is 16.6 Å². The minimum Gasteiger partial charge on any atom is -0.481 e. The summed E-state index contributed by atoms with van der Waals surface area (Å²) in [4.78, 5) is 15.1. The molecule has 0 atom stereocenters. The average Bonchev–Trinajstić information content (AvgIpc) is 2.56. The molecule has 0 aliphatic rings. The van der Waals surface area contributed by atoms with Crippen LogP contribution in [0.2, 0.25) is 0 Å². The molecule has 2 rings (SSSR count). The Labute approximate surface area is 105 Å². The Kier molecular flexibility index (Phi) is 3.20. The smallest absolute Gasteiger partial charge is 0.309 e. The van der Waals surface area contributed by atoms with Crippen molar-refractivity contribution in [2.75, 3.05) is 6.26 Å². The van der Waals surface area contributed by atoms with Gasteiger partial charge in [0.15, 0.2) is 5.65 Å². The molecule has 0 fully saturated rings. The first-order valence-electron chi connectivity index (χ1n) is 4.54. The number of hydrogen-bond donors (Lipinski definition) is 1. The number of thioether (sulfide) groups is 1. The molecule has 0 aliphatic carbocycles. The molecule has 0 spiro atoms. The number of aliphatic carboxylic acids is 1. The van der Waals surface area contributed by atoms with Gasteiger partial charge in [-0.1, -0.05) is 0 Å². The number of halogens is 1. The Hall–Kier alpha value is -1.01. The van der Waals surface area contributed by atoms with Gasteiger partial charge in [-0.2, -0.15) is 0 Å².